The smallest absolute Gasteiger partial charge is 0.151 e. The maximum atomic E-state index is 12.3. The first kappa shape index (κ1) is 22.2. The first-order valence-corrected chi connectivity index (χ1v) is 12.0. The largest absolute Gasteiger partial charge is 0.377 e. The van der Waals surface area contributed by atoms with Crippen molar-refractivity contribution in [1.82, 2.24) is 9.88 Å². The zero-order valence-electron chi connectivity index (χ0n) is 19.1. The van der Waals surface area contributed by atoms with Crippen molar-refractivity contribution in [3.8, 4) is 0 Å². The van der Waals surface area contributed by atoms with Gasteiger partial charge in [0.05, 0.1) is 12.1 Å². The topological polar surface area (TPSA) is 42.4 Å². The number of ether oxygens (including phenoxy) is 1. The number of fused-ring (bicyclic) bond motifs is 1. The predicted octanol–water partition coefficient (Wildman–Crippen LogP) is 5.27. The van der Waals surface area contributed by atoms with E-state index in [0.717, 1.165) is 57.4 Å². The quantitative estimate of drug-likeness (QED) is 0.519. The highest BCUT2D eigenvalue weighted by atomic mass is 16.5. The summed E-state index contributed by atoms with van der Waals surface area (Å²) in [5, 5.41) is 0. The van der Waals surface area contributed by atoms with Crippen molar-refractivity contribution in [3.63, 3.8) is 0 Å². The number of hydrogen-bond acceptors (Lipinski definition) is 4. The van der Waals surface area contributed by atoms with E-state index in [1.54, 1.807) is 6.92 Å². The van der Waals surface area contributed by atoms with Gasteiger partial charge in [-0.15, -0.1) is 0 Å². The molecule has 0 radical (unpaired) electrons. The predicted molar refractivity (Wildman–Crippen MR) is 124 cm³/mol. The van der Waals surface area contributed by atoms with Crippen molar-refractivity contribution in [1.29, 1.82) is 0 Å². The molecule has 1 aromatic heterocycles. The first-order valence-electron chi connectivity index (χ1n) is 12.0. The average Bonchev–Trinajstić information content (AvgIpc) is 3.22. The minimum Gasteiger partial charge on any atom is -0.377 e. The summed E-state index contributed by atoms with van der Waals surface area (Å²) in [6.45, 7) is 6.56. The Bertz CT molecular complexity index is 867. The second-order valence-electron chi connectivity index (χ2n) is 9.29. The maximum Gasteiger partial charge on any atom is 0.151 e. The van der Waals surface area contributed by atoms with Crippen LogP contribution < -0.4 is 0 Å². The van der Waals surface area contributed by atoms with Gasteiger partial charge in [0.25, 0.3) is 0 Å². The van der Waals surface area contributed by atoms with Crippen LogP contribution in [0.2, 0.25) is 0 Å². The molecule has 0 N–H and O–H groups in total. The minimum atomic E-state index is -0.146. The number of likely N-dealkylation sites (tertiary alicyclic amines) is 1. The van der Waals surface area contributed by atoms with Crippen LogP contribution >= 0.6 is 0 Å². The molecule has 4 nitrogen and oxygen atoms in total. The lowest BCUT2D eigenvalue weighted by Gasteiger charge is -2.26. The van der Waals surface area contributed by atoms with E-state index in [9.17, 15) is 4.79 Å². The molecule has 1 aliphatic heterocycles. The zero-order valence-corrected chi connectivity index (χ0v) is 19.1. The monoisotopic (exact) mass is 420 g/mol. The van der Waals surface area contributed by atoms with Crippen molar-refractivity contribution < 1.29 is 9.53 Å². The molecule has 1 saturated heterocycles. The Labute approximate surface area is 187 Å². The van der Waals surface area contributed by atoms with Gasteiger partial charge in [-0.3, -0.25) is 14.7 Å². The Morgan fingerprint density at radius 1 is 1.16 bits per heavy atom. The number of carbonyl (C=O) groups is 1. The molecule has 3 atom stereocenters. The highest BCUT2D eigenvalue weighted by Gasteiger charge is 2.32. The Morgan fingerprint density at radius 2 is 2.00 bits per heavy atom. The number of unbranched alkanes of at least 4 members (excludes halogenated alkanes) is 1. The number of hydrogen-bond donors (Lipinski definition) is 0. The van der Waals surface area contributed by atoms with Crippen molar-refractivity contribution >= 4 is 5.78 Å². The summed E-state index contributed by atoms with van der Waals surface area (Å²) in [5.74, 6) is 0.868. The number of aromatic nitrogens is 1. The molecule has 0 bridgehead atoms. The maximum absolute atomic E-state index is 12.3. The second-order valence-corrected chi connectivity index (χ2v) is 9.29. The van der Waals surface area contributed by atoms with E-state index < -0.39 is 0 Å². The molecule has 2 heterocycles. The number of carbonyl (C=O) groups excluding carboxylic acids is 1. The SMILES string of the molecule is CC(=O)[C@H](c1ccccc1)N1CC[C@@H](OCCCCc2ccc3c(n2)CCCC3C)C1. The fourth-order valence-electron chi connectivity index (χ4n) is 5.20. The van der Waals surface area contributed by atoms with Crippen LogP contribution in [-0.2, 0) is 22.4 Å². The van der Waals surface area contributed by atoms with Gasteiger partial charge in [-0.25, -0.2) is 0 Å². The van der Waals surface area contributed by atoms with Gasteiger partial charge in [-0.2, -0.15) is 0 Å². The molecule has 2 aliphatic rings. The number of benzene rings is 1. The van der Waals surface area contributed by atoms with Crippen molar-refractivity contribution in [3.05, 3.63) is 65.0 Å². The van der Waals surface area contributed by atoms with Crippen LogP contribution in [0.15, 0.2) is 42.5 Å². The number of Topliss-reactive ketones (excluding diaryl/α,β-unsaturated/α-hetero) is 1. The van der Waals surface area contributed by atoms with E-state index >= 15 is 0 Å². The molecule has 0 amide bonds. The average molecular weight is 421 g/mol. The summed E-state index contributed by atoms with van der Waals surface area (Å²) >= 11 is 0. The standard InChI is InChI=1S/C27H36N2O2/c1-20-9-8-13-26-25(20)15-14-23(28-26)12-6-7-18-31-24-16-17-29(19-24)27(21(2)30)22-10-4-3-5-11-22/h3-5,10-11,14-15,20,24,27H,6-9,12-13,16-19H2,1-2H3/t20?,24-,27-/m1/s1. The molecule has 4 rings (SSSR count). The van der Waals surface area contributed by atoms with Crippen LogP contribution in [0, 0.1) is 0 Å². The summed E-state index contributed by atoms with van der Waals surface area (Å²) in [4.78, 5) is 19.5. The fourth-order valence-corrected chi connectivity index (χ4v) is 5.20. The van der Waals surface area contributed by atoms with Crippen LogP contribution in [0.5, 0.6) is 0 Å². The molecular weight excluding hydrogens is 384 g/mol. The van der Waals surface area contributed by atoms with E-state index in [1.165, 1.54) is 29.8 Å². The third-order valence-electron chi connectivity index (χ3n) is 6.87. The van der Waals surface area contributed by atoms with Crippen molar-refractivity contribution in [2.24, 2.45) is 0 Å². The summed E-state index contributed by atoms with van der Waals surface area (Å²) in [7, 11) is 0. The highest BCUT2D eigenvalue weighted by Crippen LogP contribution is 2.30. The molecular formula is C27H36N2O2. The number of nitrogens with zero attached hydrogens (tertiary/aromatic N) is 2. The molecule has 166 valence electrons. The summed E-state index contributed by atoms with van der Waals surface area (Å²) in [6.07, 6.45) is 8.13. The molecule has 31 heavy (non-hydrogen) atoms. The fraction of sp³-hybridized carbons (Fsp3) is 0.556. The summed E-state index contributed by atoms with van der Waals surface area (Å²) < 4.78 is 6.17. The second kappa shape index (κ2) is 10.5. The molecule has 1 fully saturated rings. The summed E-state index contributed by atoms with van der Waals surface area (Å²) in [6, 6.07) is 14.5. The summed E-state index contributed by atoms with van der Waals surface area (Å²) in [5.41, 5.74) is 5.11. The number of rotatable bonds is 9. The van der Waals surface area contributed by atoms with Gasteiger partial charge in [0.2, 0.25) is 0 Å². The molecule has 0 saturated carbocycles. The molecule has 1 unspecified atom stereocenters. The molecule has 0 spiro atoms. The number of ketones is 1. The lowest BCUT2D eigenvalue weighted by Crippen LogP contribution is -2.32. The van der Waals surface area contributed by atoms with Gasteiger partial charge < -0.3 is 4.74 Å². The Morgan fingerprint density at radius 3 is 2.81 bits per heavy atom. The van der Waals surface area contributed by atoms with Crippen LogP contribution in [0.3, 0.4) is 0 Å². The van der Waals surface area contributed by atoms with Crippen molar-refractivity contribution in [2.75, 3.05) is 19.7 Å². The van der Waals surface area contributed by atoms with Gasteiger partial charge >= 0.3 is 0 Å². The Kier molecular flexibility index (Phi) is 7.52. The van der Waals surface area contributed by atoms with E-state index in [1.807, 2.05) is 18.2 Å². The molecule has 4 heteroatoms. The van der Waals surface area contributed by atoms with Crippen LogP contribution in [0.4, 0.5) is 0 Å². The van der Waals surface area contributed by atoms with Gasteiger partial charge in [-0.1, -0.05) is 43.3 Å². The van der Waals surface area contributed by atoms with Gasteiger partial charge in [0.1, 0.15) is 0 Å². The lowest BCUT2D eigenvalue weighted by molar-refractivity contribution is -0.122. The number of pyridine rings is 1. The Balaban J connectivity index is 1.19. The zero-order chi connectivity index (χ0) is 21.6. The van der Waals surface area contributed by atoms with Gasteiger partial charge in [0, 0.05) is 31.1 Å². The van der Waals surface area contributed by atoms with Gasteiger partial charge in [0.15, 0.2) is 5.78 Å². The van der Waals surface area contributed by atoms with Crippen LogP contribution in [0.1, 0.15) is 80.4 Å². The third kappa shape index (κ3) is 5.61. The van der Waals surface area contributed by atoms with E-state index in [4.69, 9.17) is 9.72 Å². The molecule has 1 aromatic carbocycles. The van der Waals surface area contributed by atoms with Crippen LogP contribution in [0.25, 0.3) is 0 Å². The minimum absolute atomic E-state index is 0.146. The lowest BCUT2D eigenvalue weighted by atomic mass is 9.87. The third-order valence-corrected chi connectivity index (χ3v) is 6.87. The van der Waals surface area contributed by atoms with E-state index in [2.05, 4.69) is 36.1 Å². The van der Waals surface area contributed by atoms with E-state index in [-0.39, 0.29) is 17.9 Å². The highest BCUT2D eigenvalue weighted by molar-refractivity contribution is 5.83. The van der Waals surface area contributed by atoms with Crippen LogP contribution in [-0.4, -0.2) is 41.5 Å². The molecule has 1 aliphatic carbocycles. The van der Waals surface area contributed by atoms with E-state index in [0.29, 0.717) is 5.92 Å². The Hall–Kier alpha value is -2.04. The molecule has 2 aromatic rings. The van der Waals surface area contributed by atoms with Gasteiger partial charge in [-0.05, 0) is 75.0 Å². The normalized spacial score (nSPS) is 22.3. The first-order chi connectivity index (χ1) is 15.1. The number of aryl methyl sites for hydroxylation is 2. The van der Waals surface area contributed by atoms with Crippen molar-refractivity contribution in [2.45, 2.75) is 76.9 Å².